The third-order valence-electron chi connectivity index (χ3n) is 4.30. The molecule has 2 rings (SSSR count). The molecule has 0 bridgehead atoms. The van der Waals surface area contributed by atoms with E-state index in [1.807, 2.05) is 0 Å². The summed E-state index contributed by atoms with van der Waals surface area (Å²) in [5, 5.41) is 4.98. The van der Waals surface area contributed by atoms with Crippen molar-refractivity contribution in [1.29, 1.82) is 0 Å². The molecular weight excluding hydrogens is 393 g/mol. The van der Waals surface area contributed by atoms with Crippen LogP contribution in [0.15, 0.2) is 30.1 Å². The summed E-state index contributed by atoms with van der Waals surface area (Å²) in [6, 6.07) is 5.00. The summed E-state index contributed by atoms with van der Waals surface area (Å²) in [7, 11) is 1.53. The van der Waals surface area contributed by atoms with Crippen LogP contribution in [0.2, 0.25) is 0 Å². The minimum atomic E-state index is -0.643. The lowest BCUT2D eigenvalue weighted by Crippen LogP contribution is -2.43. The molecule has 164 valence electrons. The molecule has 3 amide bonds. The van der Waals surface area contributed by atoms with Gasteiger partial charge in [0.1, 0.15) is 18.0 Å². The molecule has 0 aromatic heterocycles. The minimum Gasteiger partial charge on any atom is -0.489 e. The number of amides is 3. The molecule has 0 unspecified atom stereocenters. The Morgan fingerprint density at radius 2 is 2.03 bits per heavy atom. The van der Waals surface area contributed by atoms with E-state index >= 15 is 0 Å². The monoisotopic (exact) mass is 421 g/mol. The molecule has 0 saturated carbocycles. The Kier molecular flexibility index (Phi) is 7.79. The molecule has 30 heavy (non-hydrogen) atoms. The lowest BCUT2D eigenvalue weighted by molar-refractivity contribution is -0.121. The maximum absolute atomic E-state index is 13.1. The Labute approximate surface area is 175 Å². The van der Waals surface area contributed by atoms with Crippen LogP contribution >= 0.6 is 0 Å². The van der Waals surface area contributed by atoms with Crippen molar-refractivity contribution in [3.63, 3.8) is 0 Å². The van der Waals surface area contributed by atoms with Gasteiger partial charge in [0.05, 0.1) is 12.9 Å². The highest BCUT2D eigenvalue weighted by Gasteiger charge is 2.26. The smallest absolute Gasteiger partial charge is 0.407 e. The van der Waals surface area contributed by atoms with E-state index in [-0.39, 0.29) is 37.1 Å². The third kappa shape index (κ3) is 6.75. The van der Waals surface area contributed by atoms with Crippen LogP contribution in [0.25, 0.3) is 0 Å². The fourth-order valence-electron chi connectivity index (χ4n) is 2.80. The zero-order chi connectivity index (χ0) is 22.3. The second-order valence-electron chi connectivity index (χ2n) is 7.88. The first-order chi connectivity index (χ1) is 14.1. The Bertz CT molecular complexity index is 832. The van der Waals surface area contributed by atoms with Crippen LogP contribution in [-0.2, 0) is 16.0 Å². The average molecular weight is 421 g/mol. The van der Waals surface area contributed by atoms with Crippen LogP contribution in [0, 0.1) is 0 Å². The summed E-state index contributed by atoms with van der Waals surface area (Å²) >= 11 is 0. The molecule has 8 nitrogen and oxygen atoms in total. The second kappa shape index (κ2) is 10.1. The fraction of sp³-hybridized carbons (Fsp3) is 0.476. The van der Waals surface area contributed by atoms with Gasteiger partial charge < -0.3 is 25.0 Å². The number of ether oxygens (including phenoxy) is 2. The van der Waals surface area contributed by atoms with Crippen molar-refractivity contribution in [2.24, 2.45) is 0 Å². The summed E-state index contributed by atoms with van der Waals surface area (Å²) in [5.74, 6) is 0.0486. The summed E-state index contributed by atoms with van der Waals surface area (Å²) < 4.78 is 23.9. The van der Waals surface area contributed by atoms with Crippen LogP contribution in [0.1, 0.15) is 36.7 Å². The Morgan fingerprint density at radius 3 is 2.67 bits per heavy atom. The highest BCUT2D eigenvalue weighted by molar-refractivity contribution is 5.98. The molecule has 2 N–H and O–H groups in total. The zero-order valence-electron chi connectivity index (χ0n) is 17.7. The molecule has 1 aromatic carbocycles. The third-order valence-corrected chi connectivity index (χ3v) is 4.30. The second-order valence-corrected chi connectivity index (χ2v) is 7.88. The molecule has 1 aromatic rings. The van der Waals surface area contributed by atoms with Gasteiger partial charge in [0.2, 0.25) is 5.91 Å². The van der Waals surface area contributed by atoms with Gasteiger partial charge in [-0.25, -0.2) is 9.18 Å². The van der Waals surface area contributed by atoms with Crippen molar-refractivity contribution in [2.75, 3.05) is 33.3 Å². The standard InChI is InChI=1S/C21H28FN3O5/c1-21(2,3)30-20(28)24-11-14(10-22)13-29-16-5-6-17-15(9-16)7-8-25(19(17)27)12-18(26)23-4/h5-6,9-10H,7-8,11-13H2,1-4H3,(H,23,26)(H,24,28)/b14-10-. The normalized spacial score (nSPS) is 14.1. The molecule has 1 aliphatic rings. The lowest BCUT2D eigenvalue weighted by Gasteiger charge is -2.28. The minimum absolute atomic E-state index is 0.0162. The van der Waals surface area contributed by atoms with Crippen molar-refractivity contribution in [1.82, 2.24) is 15.5 Å². The highest BCUT2D eigenvalue weighted by Crippen LogP contribution is 2.24. The van der Waals surface area contributed by atoms with Crippen LogP contribution in [0.5, 0.6) is 5.75 Å². The summed E-state index contributed by atoms with van der Waals surface area (Å²) in [4.78, 5) is 37.2. The van der Waals surface area contributed by atoms with E-state index in [9.17, 15) is 18.8 Å². The van der Waals surface area contributed by atoms with E-state index in [0.29, 0.717) is 30.6 Å². The Morgan fingerprint density at radius 1 is 1.30 bits per heavy atom. The number of halogens is 1. The number of fused-ring (bicyclic) bond motifs is 1. The first kappa shape index (κ1) is 23.2. The number of hydrogen-bond acceptors (Lipinski definition) is 5. The number of carbonyl (C=O) groups is 3. The predicted octanol–water partition coefficient (Wildman–Crippen LogP) is 2.19. The Balaban J connectivity index is 1.92. The quantitative estimate of drug-likeness (QED) is 0.704. The van der Waals surface area contributed by atoms with Gasteiger partial charge in [-0.2, -0.15) is 0 Å². The van der Waals surface area contributed by atoms with Crippen molar-refractivity contribution >= 4 is 17.9 Å². The van der Waals surface area contributed by atoms with Crippen LogP contribution in [0.3, 0.4) is 0 Å². The number of nitrogens with one attached hydrogen (secondary N) is 2. The van der Waals surface area contributed by atoms with Crippen molar-refractivity contribution in [3.05, 3.63) is 41.2 Å². The van der Waals surface area contributed by atoms with E-state index < -0.39 is 11.7 Å². The van der Waals surface area contributed by atoms with Gasteiger partial charge in [0.15, 0.2) is 0 Å². The molecule has 1 heterocycles. The van der Waals surface area contributed by atoms with Gasteiger partial charge in [-0.05, 0) is 51.0 Å². The Hall–Kier alpha value is -3.10. The summed E-state index contributed by atoms with van der Waals surface area (Å²) in [6.07, 6.45) is 0.326. The van der Waals surface area contributed by atoms with Crippen LogP contribution in [-0.4, -0.2) is 61.7 Å². The van der Waals surface area contributed by atoms with Gasteiger partial charge in [0.25, 0.3) is 5.91 Å². The summed E-state index contributed by atoms with van der Waals surface area (Å²) in [6.45, 7) is 5.53. The van der Waals surface area contributed by atoms with E-state index in [1.165, 1.54) is 11.9 Å². The van der Waals surface area contributed by atoms with Crippen LogP contribution < -0.4 is 15.4 Å². The number of rotatable bonds is 7. The predicted molar refractivity (Wildman–Crippen MR) is 109 cm³/mol. The van der Waals surface area contributed by atoms with Crippen molar-refractivity contribution < 1.29 is 28.2 Å². The highest BCUT2D eigenvalue weighted by atomic mass is 19.1. The number of alkyl carbamates (subject to hydrolysis) is 1. The van der Waals surface area contributed by atoms with E-state index in [1.54, 1.807) is 39.0 Å². The van der Waals surface area contributed by atoms with Crippen LogP contribution in [0.4, 0.5) is 9.18 Å². The number of nitrogens with zero attached hydrogens (tertiary/aromatic N) is 1. The molecule has 1 aliphatic heterocycles. The van der Waals surface area contributed by atoms with E-state index in [0.717, 1.165) is 5.56 Å². The van der Waals surface area contributed by atoms with Crippen molar-refractivity contribution in [2.45, 2.75) is 32.8 Å². The SMILES string of the molecule is CNC(=O)CN1CCc2cc(OC/C(=C\F)CNC(=O)OC(C)(C)C)ccc2C1=O. The molecule has 0 atom stereocenters. The number of benzene rings is 1. The molecule has 9 heteroatoms. The van der Waals surface area contributed by atoms with E-state index in [2.05, 4.69) is 10.6 Å². The maximum Gasteiger partial charge on any atom is 0.407 e. The molecule has 0 aliphatic carbocycles. The molecule has 0 saturated heterocycles. The molecular formula is C21H28FN3O5. The summed E-state index contributed by atoms with van der Waals surface area (Å²) in [5.41, 5.74) is 0.913. The fourth-order valence-corrected chi connectivity index (χ4v) is 2.80. The maximum atomic E-state index is 13.1. The average Bonchev–Trinajstić information content (AvgIpc) is 2.68. The zero-order valence-corrected chi connectivity index (χ0v) is 17.7. The van der Waals surface area contributed by atoms with Gasteiger partial charge in [-0.3, -0.25) is 9.59 Å². The van der Waals surface area contributed by atoms with Gasteiger partial charge in [0, 0.05) is 31.3 Å². The van der Waals surface area contributed by atoms with Gasteiger partial charge in [-0.15, -0.1) is 0 Å². The lowest BCUT2D eigenvalue weighted by atomic mass is 9.98. The largest absolute Gasteiger partial charge is 0.489 e. The first-order valence-electron chi connectivity index (χ1n) is 9.63. The molecule has 0 fully saturated rings. The first-order valence-corrected chi connectivity index (χ1v) is 9.63. The van der Waals surface area contributed by atoms with Gasteiger partial charge in [-0.1, -0.05) is 0 Å². The number of likely N-dealkylation sites (N-methyl/N-ethyl adjacent to an activating group) is 1. The number of carbonyl (C=O) groups excluding carboxylic acids is 3. The van der Waals surface area contributed by atoms with Crippen molar-refractivity contribution in [3.8, 4) is 5.75 Å². The van der Waals surface area contributed by atoms with Gasteiger partial charge >= 0.3 is 6.09 Å². The topological polar surface area (TPSA) is 97.0 Å². The number of hydrogen-bond donors (Lipinski definition) is 2. The van der Waals surface area contributed by atoms with E-state index in [4.69, 9.17) is 9.47 Å². The molecule has 0 spiro atoms. The molecule has 0 radical (unpaired) electrons.